The van der Waals surface area contributed by atoms with Crippen LogP contribution < -0.4 is 15.4 Å². The van der Waals surface area contributed by atoms with Gasteiger partial charge in [-0.2, -0.15) is 0 Å². The van der Waals surface area contributed by atoms with Crippen LogP contribution in [0, 0.1) is 0 Å². The minimum Gasteiger partial charge on any atom is -0.492 e. The molecule has 0 bridgehead atoms. The Hall–Kier alpha value is -1.81. The average molecular weight is 560 g/mol. The van der Waals surface area contributed by atoms with E-state index in [1.54, 1.807) is 19.2 Å². The minimum absolute atomic E-state index is 0. The molecule has 0 aliphatic carbocycles. The molecule has 0 saturated heterocycles. The number of nitrogens with one attached hydrogen (secondary N) is 2. The third-order valence-electron chi connectivity index (χ3n) is 4.64. The maximum absolute atomic E-state index is 11.5. The molecule has 0 atom stereocenters. The summed E-state index contributed by atoms with van der Waals surface area (Å²) in [7, 11) is -1.43. The Morgan fingerprint density at radius 2 is 1.68 bits per heavy atom. The van der Waals surface area contributed by atoms with E-state index in [1.165, 1.54) is 11.8 Å². The Morgan fingerprint density at radius 1 is 1.03 bits per heavy atom. The van der Waals surface area contributed by atoms with Crippen LogP contribution in [0.25, 0.3) is 0 Å². The number of guanidine groups is 1. The first-order chi connectivity index (χ1) is 14.1. The molecule has 31 heavy (non-hydrogen) atoms. The number of hydrogen-bond acceptors (Lipinski definition) is 4. The SMILES string of the molecule is CN=C(NCCOc1cccc(C(C)(C)C)c1)NCCc1ccc(S(C)(=O)=O)cc1.I. The Kier molecular flexibility index (Phi) is 10.8. The number of benzene rings is 2. The summed E-state index contributed by atoms with van der Waals surface area (Å²) in [5, 5.41) is 6.49. The number of sulfone groups is 1. The molecule has 0 heterocycles. The molecule has 2 aromatic rings. The molecule has 172 valence electrons. The van der Waals surface area contributed by atoms with Gasteiger partial charge in [-0.1, -0.05) is 45.0 Å². The van der Waals surface area contributed by atoms with Crippen molar-refractivity contribution < 1.29 is 13.2 Å². The van der Waals surface area contributed by atoms with E-state index in [0.29, 0.717) is 30.6 Å². The Labute approximate surface area is 203 Å². The van der Waals surface area contributed by atoms with Crippen molar-refractivity contribution in [1.82, 2.24) is 10.6 Å². The van der Waals surface area contributed by atoms with Crippen molar-refractivity contribution in [3.05, 3.63) is 59.7 Å². The quantitative estimate of drug-likeness (QED) is 0.223. The molecule has 0 aromatic heterocycles. The lowest BCUT2D eigenvalue weighted by Crippen LogP contribution is -2.40. The predicted octanol–water partition coefficient (Wildman–Crippen LogP) is 3.79. The van der Waals surface area contributed by atoms with E-state index >= 15 is 0 Å². The minimum atomic E-state index is -3.16. The summed E-state index contributed by atoms with van der Waals surface area (Å²) < 4.78 is 28.9. The maximum atomic E-state index is 11.5. The number of hydrogen-bond donors (Lipinski definition) is 2. The van der Waals surface area contributed by atoms with E-state index in [2.05, 4.69) is 48.5 Å². The van der Waals surface area contributed by atoms with Crippen molar-refractivity contribution >= 4 is 39.8 Å². The van der Waals surface area contributed by atoms with Gasteiger partial charge in [-0.3, -0.25) is 4.99 Å². The highest BCUT2D eigenvalue weighted by Gasteiger charge is 2.13. The summed E-state index contributed by atoms with van der Waals surface area (Å²) in [6, 6.07) is 15.2. The van der Waals surface area contributed by atoms with Crippen molar-refractivity contribution in [1.29, 1.82) is 0 Å². The van der Waals surface area contributed by atoms with Crippen LogP contribution in [0.1, 0.15) is 31.9 Å². The van der Waals surface area contributed by atoms with Gasteiger partial charge in [0.1, 0.15) is 12.4 Å². The first kappa shape index (κ1) is 27.2. The van der Waals surface area contributed by atoms with Gasteiger partial charge in [0.15, 0.2) is 15.8 Å². The van der Waals surface area contributed by atoms with Gasteiger partial charge >= 0.3 is 0 Å². The highest BCUT2D eigenvalue weighted by molar-refractivity contribution is 14.0. The van der Waals surface area contributed by atoms with Crippen molar-refractivity contribution in [3.8, 4) is 5.75 Å². The molecule has 2 aromatic carbocycles. The predicted molar refractivity (Wildman–Crippen MR) is 139 cm³/mol. The summed E-state index contributed by atoms with van der Waals surface area (Å²) in [6.45, 7) is 8.40. The summed E-state index contributed by atoms with van der Waals surface area (Å²) in [6.07, 6.45) is 1.98. The summed E-state index contributed by atoms with van der Waals surface area (Å²) in [5.41, 5.74) is 2.40. The first-order valence-electron chi connectivity index (χ1n) is 10.1. The summed E-state index contributed by atoms with van der Waals surface area (Å²) in [5.74, 6) is 1.57. The zero-order valence-electron chi connectivity index (χ0n) is 18.9. The van der Waals surface area contributed by atoms with Crippen LogP contribution in [0.5, 0.6) is 5.75 Å². The lowest BCUT2D eigenvalue weighted by atomic mass is 9.87. The second-order valence-corrected chi connectivity index (χ2v) is 10.2. The van der Waals surface area contributed by atoms with Gasteiger partial charge in [0.25, 0.3) is 0 Å². The van der Waals surface area contributed by atoms with E-state index in [9.17, 15) is 8.42 Å². The van der Waals surface area contributed by atoms with E-state index in [1.807, 2.05) is 24.3 Å². The molecule has 0 fully saturated rings. The molecule has 2 N–H and O–H groups in total. The third-order valence-corrected chi connectivity index (χ3v) is 5.77. The number of ether oxygens (including phenoxy) is 1. The van der Waals surface area contributed by atoms with E-state index in [4.69, 9.17) is 4.74 Å². The van der Waals surface area contributed by atoms with Crippen LogP contribution in [0.15, 0.2) is 58.4 Å². The monoisotopic (exact) mass is 559 g/mol. The molecule has 0 aliphatic heterocycles. The van der Waals surface area contributed by atoms with Gasteiger partial charge < -0.3 is 15.4 Å². The molecule has 0 aliphatic rings. The van der Waals surface area contributed by atoms with Gasteiger partial charge in [0.2, 0.25) is 0 Å². The van der Waals surface area contributed by atoms with Crippen molar-refractivity contribution in [2.24, 2.45) is 4.99 Å². The lowest BCUT2D eigenvalue weighted by Gasteiger charge is -2.20. The number of rotatable bonds is 8. The van der Waals surface area contributed by atoms with Crippen LogP contribution in [0.4, 0.5) is 0 Å². The summed E-state index contributed by atoms with van der Waals surface area (Å²) >= 11 is 0. The fourth-order valence-electron chi connectivity index (χ4n) is 2.84. The zero-order valence-corrected chi connectivity index (χ0v) is 22.1. The molecule has 6 nitrogen and oxygen atoms in total. The van der Waals surface area contributed by atoms with Gasteiger partial charge in [-0.15, -0.1) is 24.0 Å². The molecular formula is C23H34IN3O3S. The maximum Gasteiger partial charge on any atom is 0.191 e. The van der Waals surface area contributed by atoms with Crippen molar-refractivity contribution in [2.45, 2.75) is 37.5 Å². The smallest absolute Gasteiger partial charge is 0.191 e. The molecular weight excluding hydrogens is 525 g/mol. The molecule has 8 heteroatoms. The average Bonchev–Trinajstić information content (AvgIpc) is 2.69. The zero-order chi connectivity index (χ0) is 22.2. The molecule has 0 radical (unpaired) electrons. The van der Waals surface area contributed by atoms with Gasteiger partial charge in [-0.25, -0.2) is 8.42 Å². The van der Waals surface area contributed by atoms with E-state index in [0.717, 1.165) is 17.7 Å². The van der Waals surface area contributed by atoms with E-state index < -0.39 is 9.84 Å². The second-order valence-electron chi connectivity index (χ2n) is 8.22. The van der Waals surface area contributed by atoms with Crippen molar-refractivity contribution in [3.63, 3.8) is 0 Å². The molecule has 0 saturated carbocycles. The Balaban J connectivity index is 0.00000480. The normalized spacial score (nSPS) is 12.1. The Morgan fingerprint density at radius 3 is 2.26 bits per heavy atom. The second kappa shape index (κ2) is 12.3. The largest absolute Gasteiger partial charge is 0.492 e. The highest BCUT2D eigenvalue weighted by atomic mass is 127. The highest BCUT2D eigenvalue weighted by Crippen LogP contribution is 2.25. The Bertz CT molecular complexity index is 953. The molecule has 0 amide bonds. The number of nitrogens with zero attached hydrogens (tertiary/aromatic N) is 1. The van der Waals surface area contributed by atoms with Crippen LogP contribution in [-0.4, -0.2) is 47.4 Å². The van der Waals surface area contributed by atoms with Crippen LogP contribution in [0.2, 0.25) is 0 Å². The molecule has 2 rings (SSSR count). The molecule has 0 spiro atoms. The van der Waals surface area contributed by atoms with Crippen molar-refractivity contribution in [2.75, 3.05) is 33.0 Å². The van der Waals surface area contributed by atoms with Gasteiger partial charge in [-0.05, 0) is 47.2 Å². The van der Waals surface area contributed by atoms with Crippen LogP contribution in [0.3, 0.4) is 0 Å². The fourth-order valence-corrected chi connectivity index (χ4v) is 3.47. The van der Waals surface area contributed by atoms with E-state index in [-0.39, 0.29) is 29.4 Å². The van der Waals surface area contributed by atoms with Gasteiger partial charge in [0, 0.05) is 19.8 Å². The lowest BCUT2D eigenvalue weighted by molar-refractivity contribution is 0.321. The first-order valence-corrected chi connectivity index (χ1v) is 12.0. The topological polar surface area (TPSA) is 79.8 Å². The van der Waals surface area contributed by atoms with Gasteiger partial charge in [0.05, 0.1) is 11.4 Å². The molecule has 0 unspecified atom stereocenters. The number of halogens is 1. The van der Waals surface area contributed by atoms with Crippen LogP contribution in [-0.2, 0) is 21.7 Å². The third kappa shape index (κ3) is 9.47. The summed E-state index contributed by atoms with van der Waals surface area (Å²) in [4.78, 5) is 4.55. The van der Waals surface area contributed by atoms with Crippen LogP contribution >= 0.6 is 24.0 Å². The standard InChI is InChI=1S/C23H33N3O3S.HI/c1-23(2,3)19-7-6-8-20(17-19)29-16-15-26-22(24-4)25-14-13-18-9-11-21(12-10-18)30(5,27)28;/h6-12,17H,13-16H2,1-5H3,(H2,24,25,26);1H. The fraction of sp³-hybridized carbons (Fsp3) is 0.435. The number of aliphatic imine (C=N–C) groups is 1.